The van der Waals surface area contributed by atoms with Crippen molar-refractivity contribution in [1.29, 1.82) is 0 Å². The fraction of sp³-hybridized carbons (Fsp3) is 0.375. The third kappa shape index (κ3) is 4.33. The van der Waals surface area contributed by atoms with Crippen molar-refractivity contribution in [3.8, 4) is 5.75 Å². The number of ether oxygens (including phenoxy) is 3. The van der Waals surface area contributed by atoms with Gasteiger partial charge in [0.15, 0.2) is 15.4 Å². The molecule has 1 aliphatic heterocycles. The Hall–Kier alpha value is -2.59. The predicted octanol–water partition coefficient (Wildman–Crippen LogP) is 0.593. The van der Waals surface area contributed by atoms with Gasteiger partial charge in [-0.2, -0.15) is 0 Å². The first-order valence-electron chi connectivity index (χ1n) is 7.54. The van der Waals surface area contributed by atoms with Crippen LogP contribution in [0.3, 0.4) is 0 Å². The van der Waals surface area contributed by atoms with Crippen molar-refractivity contribution in [3.63, 3.8) is 0 Å². The average molecular weight is 385 g/mol. The molecule has 1 fully saturated rings. The van der Waals surface area contributed by atoms with E-state index < -0.39 is 39.9 Å². The van der Waals surface area contributed by atoms with Gasteiger partial charge in [-0.15, -0.1) is 0 Å². The molecule has 0 bridgehead atoms. The number of nitrogens with one attached hydrogen (secondary N) is 1. The van der Waals surface area contributed by atoms with Gasteiger partial charge in [-0.25, -0.2) is 18.0 Å². The van der Waals surface area contributed by atoms with E-state index in [1.807, 2.05) is 0 Å². The van der Waals surface area contributed by atoms with Crippen LogP contribution in [0.1, 0.15) is 13.8 Å². The number of methoxy groups -OCH3 is 1. The molecule has 142 valence electrons. The van der Waals surface area contributed by atoms with Gasteiger partial charge in [-0.05, 0) is 18.2 Å². The molecule has 0 amide bonds. The van der Waals surface area contributed by atoms with E-state index in [1.165, 1.54) is 39.2 Å². The maximum absolute atomic E-state index is 12.1. The molecule has 0 aliphatic carbocycles. The number of carbonyl (C=O) groups excluding carboxylic acids is 2. The molecule has 0 spiro atoms. The first-order valence-corrected chi connectivity index (χ1v) is 9.20. The van der Waals surface area contributed by atoms with Gasteiger partial charge in [-0.1, -0.05) is 0 Å². The highest BCUT2D eigenvalue weighted by Gasteiger charge is 2.39. The van der Waals surface area contributed by atoms with E-state index in [0.29, 0.717) is 0 Å². The molecule has 0 atom stereocenters. The highest BCUT2D eigenvalue weighted by molar-refractivity contribution is 7.91. The quantitative estimate of drug-likeness (QED) is 0.411. The summed E-state index contributed by atoms with van der Waals surface area (Å²) in [5.74, 6) is -3.26. The van der Waals surface area contributed by atoms with E-state index in [0.717, 1.165) is 6.20 Å². The van der Waals surface area contributed by atoms with Gasteiger partial charge >= 0.3 is 11.9 Å². The van der Waals surface area contributed by atoms with Crippen LogP contribution in [0.5, 0.6) is 5.75 Å². The topological polar surface area (TPSA) is 128 Å². The van der Waals surface area contributed by atoms with E-state index in [4.69, 9.17) is 19.3 Å². The van der Waals surface area contributed by atoms with Crippen LogP contribution in [-0.2, 0) is 28.9 Å². The Morgan fingerprint density at radius 1 is 1.23 bits per heavy atom. The van der Waals surface area contributed by atoms with E-state index in [9.17, 15) is 18.0 Å². The first-order chi connectivity index (χ1) is 12.1. The summed E-state index contributed by atoms with van der Waals surface area (Å²) in [5.41, 5.74) is -0.181. The summed E-state index contributed by atoms with van der Waals surface area (Å²) in [6, 6.07) is 4.00. The standard InChI is InChI=1S/C16H19NO8S/c1-16(2)24-14(19)11(15(20)25-16)9-17-12-8-10(4-5-13(12)23-3)26(21,22)7-6-18/h4-5,8-9,17-18H,6-7H2,1-3H3. The second-order valence-corrected chi connectivity index (χ2v) is 7.89. The van der Waals surface area contributed by atoms with Crippen LogP contribution in [0.2, 0.25) is 0 Å². The van der Waals surface area contributed by atoms with Crippen LogP contribution < -0.4 is 10.1 Å². The minimum absolute atomic E-state index is 0.0526. The van der Waals surface area contributed by atoms with Crippen molar-refractivity contribution in [2.75, 3.05) is 24.8 Å². The summed E-state index contributed by atoms with van der Waals surface area (Å²) in [6.07, 6.45) is 1.06. The largest absolute Gasteiger partial charge is 0.495 e. The van der Waals surface area contributed by atoms with E-state index in [-0.39, 0.29) is 21.9 Å². The number of rotatable bonds is 6. The second-order valence-electron chi connectivity index (χ2n) is 5.79. The number of hydrogen-bond acceptors (Lipinski definition) is 9. The number of aliphatic hydroxyl groups is 1. The maximum atomic E-state index is 12.1. The van der Waals surface area contributed by atoms with Gasteiger partial charge in [-0.3, -0.25) is 0 Å². The summed E-state index contributed by atoms with van der Waals surface area (Å²) >= 11 is 0. The van der Waals surface area contributed by atoms with Crippen LogP contribution in [-0.4, -0.2) is 50.7 Å². The van der Waals surface area contributed by atoms with Gasteiger partial charge < -0.3 is 24.6 Å². The van der Waals surface area contributed by atoms with Crippen molar-refractivity contribution in [2.45, 2.75) is 24.5 Å². The molecule has 1 heterocycles. The number of carbonyl (C=O) groups is 2. The highest BCUT2D eigenvalue weighted by atomic mass is 32.2. The third-order valence-electron chi connectivity index (χ3n) is 3.38. The number of aliphatic hydroxyl groups excluding tert-OH is 1. The van der Waals surface area contributed by atoms with Crippen LogP contribution in [0.4, 0.5) is 5.69 Å². The molecule has 0 aromatic heterocycles. The summed E-state index contributed by atoms with van der Waals surface area (Å²) in [7, 11) is -2.31. The van der Waals surface area contributed by atoms with Crippen molar-refractivity contribution in [2.24, 2.45) is 0 Å². The zero-order valence-electron chi connectivity index (χ0n) is 14.4. The lowest BCUT2D eigenvalue weighted by Gasteiger charge is -2.29. The van der Waals surface area contributed by atoms with Gasteiger partial charge in [0, 0.05) is 20.0 Å². The van der Waals surface area contributed by atoms with E-state index in [1.54, 1.807) is 0 Å². The van der Waals surface area contributed by atoms with Gasteiger partial charge in [0.2, 0.25) is 0 Å². The van der Waals surface area contributed by atoms with Gasteiger partial charge in [0.1, 0.15) is 5.75 Å². The Morgan fingerprint density at radius 2 is 1.85 bits per heavy atom. The zero-order valence-corrected chi connectivity index (χ0v) is 15.3. The van der Waals surface area contributed by atoms with Crippen LogP contribution in [0, 0.1) is 0 Å². The van der Waals surface area contributed by atoms with Gasteiger partial charge in [0.05, 0.1) is 30.1 Å². The Labute approximate surface area is 150 Å². The zero-order chi connectivity index (χ0) is 19.5. The average Bonchev–Trinajstić information content (AvgIpc) is 2.52. The molecule has 10 heteroatoms. The van der Waals surface area contributed by atoms with Crippen LogP contribution in [0.25, 0.3) is 0 Å². The first kappa shape index (κ1) is 19.7. The molecule has 0 radical (unpaired) electrons. The molecule has 1 saturated heterocycles. The lowest BCUT2D eigenvalue weighted by Crippen LogP contribution is -2.42. The Morgan fingerprint density at radius 3 is 2.38 bits per heavy atom. The van der Waals surface area contributed by atoms with E-state index >= 15 is 0 Å². The molecular formula is C16H19NO8S. The fourth-order valence-corrected chi connectivity index (χ4v) is 3.21. The number of hydrogen-bond donors (Lipinski definition) is 2. The molecule has 1 aromatic rings. The van der Waals surface area contributed by atoms with Crippen molar-refractivity contribution in [1.82, 2.24) is 0 Å². The molecule has 9 nitrogen and oxygen atoms in total. The van der Waals surface area contributed by atoms with Crippen LogP contribution >= 0.6 is 0 Å². The maximum Gasteiger partial charge on any atom is 0.350 e. The summed E-state index contributed by atoms with van der Waals surface area (Å²) in [6.45, 7) is 2.33. The Balaban J connectivity index is 2.34. The number of esters is 2. The van der Waals surface area contributed by atoms with Gasteiger partial charge in [0.25, 0.3) is 5.79 Å². The molecule has 0 saturated carbocycles. The lowest BCUT2D eigenvalue weighted by atomic mass is 10.2. The molecule has 0 unspecified atom stereocenters. The third-order valence-corrected chi connectivity index (χ3v) is 5.07. The van der Waals surface area contributed by atoms with E-state index in [2.05, 4.69) is 5.32 Å². The number of benzene rings is 1. The molecule has 2 rings (SSSR count). The molecule has 1 aromatic carbocycles. The molecular weight excluding hydrogens is 366 g/mol. The molecule has 1 aliphatic rings. The highest BCUT2D eigenvalue weighted by Crippen LogP contribution is 2.29. The normalized spacial score (nSPS) is 16.5. The van der Waals surface area contributed by atoms with Crippen molar-refractivity contribution < 1.29 is 37.3 Å². The summed E-state index contributed by atoms with van der Waals surface area (Å²) in [4.78, 5) is 23.8. The minimum atomic E-state index is -3.69. The Kier molecular flexibility index (Phi) is 5.57. The van der Waals surface area contributed by atoms with Crippen molar-refractivity contribution >= 4 is 27.5 Å². The minimum Gasteiger partial charge on any atom is -0.495 e. The predicted molar refractivity (Wildman–Crippen MR) is 90.1 cm³/mol. The number of cyclic esters (lactones) is 2. The SMILES string of the molecule is COc1ccc(S(=O)(=O)CCO)cc1NC=C1C(=O)OC(C)(C)OC1=O. The van der Waals surface area contributed by atoms with Crippen LogP contribution in [0.15, 0.2) is 34.9 Å². The summed E-state index contributed by atoms with van der Waals surface area (Å²) in [5, 5.41) is 11.5. The smallest absolute Gasteiger partial charge is 0.350 e. The number of sulfone groups is 1. The monoisotopic (exact) mass is 385 g/mol. The number of anilines is 1. The summed E-state index contributed by atoms with van der Waals surface area (Å²) < 4.78 is 39.2. The Bertz CT molecular complexity index is 835. The fourth-order valence-electron chi connectivity index (χ4n) is 2.16. The molecule has 26 heavy (non-hydrogen) atoms. The second kappa shape index (κ2) is 7.34. The lowest BCUT2D eigenvalue weighted by molar-refractivity contribution is -0.222. The van der Waals surface area contributed by atoms with Crippen molar-refractivity contribution in [3.05, 3.63) is 30.0 Å². The molecule has 2 N–H and O–H groups in total.